The zero-order valence-corrected chi connectivity index (χ0v) is 19.4. The molecule has 2 aromatic rings. The van der Waals surface area contributed by atoms with E-state index in [9.17, 15) is 4.79 Å². The van der Waals surface area contributed by atoms with Gasteiger partial charge in [-0.25, -0.2) is 0 Å². The fourth-order valence-electron chi connectivity index (χ4n) is 2.92. The van der Waals surface area contributed by atoms with Gasteiger partial charge in [0.25, 0.3) is 5.91 Å². The maximum absolute atomic E-state index is 12.5. The highest BCUT2D eigenvalue weighted by Gasteiger charge is 2.23. The van der Waals surface area contributed by atoms with E-state index in [0.717, 1.165) is 16.9 Å². The largest absolute Gasteiger partial charge is 0.489 e. The second-order valence-electron chi connectivity index (χ2n) is 9.82. The van der Waals surface area contributed by atoms with Gasteiger partial charge in [0.05, 0.1) is 0 Å². The van der Waals surface area contributed by atoms with Crippen molar-refractivity contribution in [3.8, 4) is 11.5 Å². The lowest BCUT2D eigenvalue weighted by atomic mass is 9.80. The molecule has 1 amide bonds. The number of nitrogens with one attached hydrogen (secondary N) is 1. The van der Waals surface area contributed by atoms with Crippen molar-refractivity contribution < 1.29 is 14.3 Å². The van der Waals surface area contributed by atoms with Crippen molar-refractivity contribution >= 4 is 11.6 Å². The molecule has 0 saturated carbocycles. The van der Waals surface area contributed by atoms with Crippen LogP contribution in [-0.4, -0.2) is 19.1 Å². The predicted molar refractivity (Wildman–Crippen MR) is 125 cm³/mol. The van der Waals surface area contributed by atoms with E-state index in [2.05, 4.69) is 65.6 Å². The first-order chi connectivity index (χ1) is 13.9. The predicted octanol–water partition coefficient (Wildman–Crippen LogP) is 6.25. The maximum Gasteiger partial charge on any atom is 0.262 e. The monoisotopic (exact) mass is 409 g/mol. The molecule has 30 heavy (non-hydrogen) atoms. The Kier molecular flexibility index (Phi) is 7.35. The normalized spacial score (nSPS) is 11.7. The van der Waals surface area contributed by atoms with Crippen LogP contribution in [0.25, 0.3) is 0 Å². The van der Waals surface area contributed by atoms with Crippen molar-refractivity contribution in [3.05, 3.63) is 65.7 Å². The summed E-state index contributed by atoms with van der Waals surface area (Å²) >= 11 is 0. The van der Waals surface area contributed by atoms with Crippen LogP contribution in [-0.2, 0) is 15.6 Å². The Balaban J connectivity index is 2.07. The average molecular weight is 410 g/mol. The molecule has 0 bridgehead atoms. The molecule has 2 aromatic carbocycles. The van der Waals surface area contributed by atoms with Crippen LogP contribution in [0.3, 0.4) is 0 Å². The van der Waals surface area contributed by atoms with Gasteiger partial charge in [0.1, 0.15) is 18.1 Å². The molecule has 0 atom stereocenters. The molecule has 1 N–H and O–H groups in total. The highest BCUT2D eigenvalue weighted by Crippen LogP contribution is 2.35. The molecule has 4 heteroatoms. The lowest BCUT2D eigenvalue weighted by Crippen LogP contribution is -2.22. The van der Waals surface area contributed by atoms with Crippen LogP contribution >= 0.6 is 0 Å². The van der Waals surface area contributed by atoms with Gasteiger partial charge in [-0.3, -0.25) is 4.79 Å². The van der Waals surface area contributed by atoms with Crippen molar-refractivity contribution in [2.75, 3.05) is 18.5 Å². The van der Waals surface area contributed by atoms with Crippen molar-refractivity contribution in [2.45, 2.75) is 59.3 Å². The average Bonchev–Trinajstić information content (AvgIpc) is 2.63. The number of ether oxygens (including phenoxy) is 2. The minimum Gasteiger partial charge on any atom is -0.489 e. The number of carbonyl (C=O) groups is 1. The van der Waals surface area contributed by atoms with Crippen LogP contribution in [0.15, 0.2) is 54.6 Å². The van der Waals surface area contributed by atoms with Crippen molar-refractivity contribution in [2.24, 2.45) is 0 Å². The smallest absolute Gasteiger partial charge is 0.262 e. The fraction of sp³-hybridized carbons (Fsp3) is 0.423. The van der Waals surface area contributed by atoms with Crippen LogP contribution in [0.1, 0.15) is 59.6 Å². The first kappa shape index (κ1) is 23.5. The van der Waals surface area contributed by atoms with Gasteiger partial charge in [-0.1, -0.05) is 66.3 Å². The van der Waals surface area contributed by atoms with Gasteiger partial charge < -0.3 is 14.8 Å². The molecule has 0 heterocycles. The summed E-state index contributed by atoms with van der Waals surface area (Å²) in [5.41, 5.74) is 3.90. The summed E-state index contributed by atoms with van der Waals surface area (Å²) in [7, 11) is 0. The second-order valence-corrected chi connectivity index (χ2v) is 9.82. The van der Waals surface area contributed by atoms with E-state index in [-0.39, 0.29) is 23.3 Å². The molecule has 0 fully saturated rings. The standard InChI is InChI=1S/C26H35NO3/c1-18(2)16-29-21-11-9-10-20(15-21)27-24(28)17-30-23-13-12-19(25(3,4)5)14-22(23)26(6,7)8/h9-15H,1,16-17H2,2-8H3,(H,27,28). The molecular formula is C26H35NO3. The van der Waals surface area contributed by atoms with Crippen molar-refractivity contribution in [1.82, 2.24) is 0 Å². The van der Waals surface area contributed by atoms with Gasteiger partial charge in [-0.05, 0) is 52.7 Å². The first-order valence-corrected chi connectivity index (χ1v) is 10.3. The van der Waals surface area contributed by atoms with E-state index in [1.54, 1.807) is 6.07 Å². The van der Waals surface area contributed by atoms with Crippen LogP contribution in [0.5, 0.6) is 11.5 Å². The molecule has 0 aliphatic carbocycles. The third kappa shape index (κ3) is 6.94. The van der Waals surface area contributed by atoms with E-state index in [0.29, 0.717) is 18.0 Å². The zero-order chi connectivity index (χ0) is 22.5. The molecule has 0 aromatic heterocycles. The number of carbonyl (C=O) groups excluding carboxylic acids is 1. The Morgan fingerprint density at radius 2 is 1.63 bits per heavy atom. The molecule has 0 aliphatic heterocycles. The minimum atomic E-state index is -0.216. The lowest BCUT2D eigenvalue weighted by molar-refractivity contribution is -0.118. The van der Waals surface area contributed by atoms with Gasteiger partial charge in [0.15, 0.2) is 6.61 Å². The summed E-state index contributed by atoms with van der Waals surface area (Å²) in [5, 5.41) is 2.87. The van der Waals surface area contributed by atoms with Gasteiger partial charge >= 0.3 is 0 Å². The highest BCUT2D eigenvalue weighted by molar-refractivity contribution is 5.92. The first-order valence-electron chi connectivity index (χ1n) is 10.3. The highest BCUT2D eigenvalue weighted by atomic mass is 16.5. The number of rotatable bonds is 7. The number of hydrogen-bond acceptors (Lipinski definition) is 3. The minimum absolute atomic E-state index is 0.0487. The summed E-state index contributed by atoms with van der Waals surface area (Å²) in [4.78, 5) is 12.5. The SMILES string of the molecule is C=C(C)COc1cccc(NC(=O)COc2ccc(C(C)(C)C)cc2C(C)(C)C)c1. The summed E-state index contributed by atoms with van der Waals surface area (Å²) in [6, 6.07) is 13.5. The van der Waals surface area contributed by atoms with E-state index in [4.69, 9.17) is 9.47 Å². The van der Waals surface area contributed by atoms with E-state index in [1.165, 1.54) is 5.56 Å². The van der Waals surface area contributed by atoms with Gasteiger partial charge in [-0.15, -0.1) is 0 Å². The molecule has 0 unspecified atom stereocenters. The van der Waals surface area contributed by atoms with Gasteiger partial charge in [-0.2, -0.15) is 0 Å². The summed E-state index contributed by atoms with van der Waals surface area (Å²) < 4.78 is 11.5. The topological polar surface area (TPSA) is 47.6 Å². The van der Waals surface area contributed by atoms with Crippen molar-refractivity contribution in [1.29, 1.82) is 0 Å². The summed E-state index contributed by atoms with van der Waals surface area (Å²) in [6.07, 6.45) is 0. The Morgan fingerprint density at radius 3 is 2.23 bits per heavy atom. The molecule has 0 saturated heterocycles. The van der Waals surface area contributed by atoms with Crippen LogP contribution in [0.2, 0.25) is 0 Å². The number of anilines is 1. The zero-order valence-electron chi connectivity index (χ0n) is 19.4. The third-order valence-corrected chi connectivity index (χ3v) is 4.62. The van der Waals surface area contributed by atoms with E-state index < -0.39 is 0 Å². The quantitative estimate of drug-likeness (QED) is 0.550. The van der Waals surface area contributed by atoms with Gasteiger partial charge in [0, 0.05) is 11.8 Å². The molecule has 0 aliphatic rings. The molecule has 162 valence electrons. The van der Waals surface area contributed by atoms with Crippen LogP contribution < -0.4 is 14.8 Å². The molecular weight excluding hydrogens is 374 g/mol. The number of hydrogen-bond donors (Lipinski definition) is 1. The Labute approximate surface area is 181 Å². The molecule has 4 nitrogen and oxygen atoms in total. The summed E-state index contributed by atoms with van der Waals surface area (Å²) in [5.74, 6) is 1.21. The fourth-order valence-corrected chi connectivity index (χ4v) is 2.92. The molecule has 0 spiro atoms. The number of amides is 1. The Morgan fingerprint density at radius 1 is 0.933 bits per heavy atom. The van der Waals surface area contributed by atoms with E-state index in [1.807, 2.05) is 31.2 Å². The molecule has 0 radical (unpaired) electrons. The maximum atomic E-state index is 12.5. The van der Waals surface area contributed by atoms with Crippen LogP contribution in [0, 0.1) is 0 Å². The summed E-state index contributed by atoms with van der Waals surface area (Å²) in [6.45, 7) is 19.1. The number of benzene rings is 2. The third-order valence-electron chi connectivity index (χ3n) is 4.62. The van der Waals surface area contributed by atoms with Gasteiger partial charge in [0.2, 0.25) is 0 Å². The van der Waals surface area contributed by atoms with Crippen LogP contribution in [0.4, 0.5) is 5.69 Å². The Bertz CT molecular complexity index is 901. The molecule has 2 rings (SSSR count). The van der Waals surface area contributed by atoms with Crippen molar-refractivity contribution in [3.63, 3.8) is 0 Å². The van der Waals surface area contributed by atoms with E-state index >= 15 is 0 Å². The second kappa shape index (κ2) is 9.38. The Hall–Kier alpha value is -2.75. The lowest BCUT2D eigenvalue weighted by Gasteiger charge is -2.27.